The summed E-state index contributed by atoms with van der Waals surface area (Å²) in [5, 5.41) is 3.38. The Morgan fingerprint density at radius 3 is 3.00 bits per heavy atom. The molecule has 0 fully saturated rings. The maximum Gasteiger partial charge on any atom is -0.00431 e. The van der Waals surface area contributed by atoms with Crippen LogP contribution in [0.3, 0.4) is 0 Å². The summed E-state index contributed by atoms with van der Waals surface area (Å²) in [5.74, 6) is 0.829. The molecule has 0 aromatic heterocycles. The highest BCUT2D eigenvalue weighted by molar-refractivity contribution is 5.39. The average molecular weight is 175 g/mol. The average Bonchev–Trinajstić information content (AvgIpc) is 2.13. The van der Waals surface area contributed by atoms with E-state index < -0.39 is 0 Å². The molecule has 0 bridgehead atoms. The van der Waals surface area contributed by atoms with Gasteiger partial charge in [-0.3, -0.25) is 0 Å². The standard InChI is InChI=1S/C12H17N/c1-2-13-8-7-11-9-10-5-3-4-6-12(10)11/h3-6,11,13H,2,7-9H2,1H3. The predicted molar refractivity (Wildman–Crippen MR) is 56.0 cm³/mol. The molecule has 1 aromatic carbocycles. The fraction of sp³-hybridized carbons (Fsp3) is 0.500. The van der Waals surface area contributed by atoms with Gasteiger partial charge in [0.15, 0.2) is 0 Å². The van der Waals surface area contributed by atoms with Gasteiger partial charge in [0.1, 0.15) is 0 Å². The Hall–Kier alpha value is -0.820. The van der Waals surface area contributed by atoms with Crippen molar-refractivity contribution in [1.82, 2.24) is 5.32 Å². The minimum atomic E-state index is 0.829. The molecule has 0 heterocycles. The van der Waals surface area contributed by atoms with Crippen LogP contribution in [0.1, 0.15) is 30.4 Å². The zero-order chi connectivity index (χ0) is 9.10. The number of hydrogen-bond acceptors (Lipinski definition) is 1. The van der Waals surface area contributed by atoms with Gasteiger partial charge >= 0.3 is 0 Å². The fourth-order valence-corrected chi connectivity index (χ4v) is 2.07. The van der Waals surface area contributed by atoms with Crippen LogP contribution in [0.2, 0.25) is 0 Å². The van der Waals surface area contributed by atoms with Gasteiger partial charge in [-0.25, -0.2) is 0 Å². The first-order chi connectivity index (χ1) is 6.42. The smallest absolute Gasteiger partial charge is 0.00431 e. The summed E-state index contributed by atoms with van der Waals surface area (Å²) in [5.41, 5.74) is 3.14. The van der Waals surface area contributed by atoms with Crippen LogP contribution < -0.4 is 5.32 Å². The normalized spacial score (nSPS) is 19.3. The van der Waals surface area contributed by atoms with Gasteiger partial charge in [-0.1, -0.05) is 31.2 Å². The van der Waals surface area contributed by atoms with E-state index in [1.165, 1.54) is 12.8 Å². The number of fused-ring (bicyclic) bond motifs is 1. The topological polar surface area (TPSA) is 12.0 Å². The van der Waals surface area contributed by atoms with Crippen molar-refractivity contribution in [2.24, 2.45) is 0 Å². The van der Waals surface area contributed by atoms with E-state index in [1.807, 2.05) is 0 Å². The van der Waals surface area contributed by atoms with E-state index in [0.717, 1.165) is 19.0 Å². The first-order valence-corrected chi connectivity index (χ1v) is 5.20. The van der Waals surface area contributed by atoms with Crippen molar-refractivity contribution < 1.29 is 0 Å². The molecular weight excluding hydrogens is 158 g/mol. The lowest BCUT2D eigenvalue weighted by atomic mass is 9.76. The highest BCUT2D eigenvalue weighted by Gasteiger charge is 2.24. The summed E-state index contributed by atoms with van der Waals surface area (Å²) >= 11 is 0. The third-order valence-electron chi connectivity index (χ3n) is 2.88. The van der Waals surface area contributed by atoms with E-state index in [9.17, 15) is 0 Å². The van der Waals surface area contributed by atoms with Gasteiger partial charge in [0.2, 0.25) is 0 Å². The van der Waals surface area contributed by atoms with Crippen LogP contribution in [0.25, 0.3) is 0 Å². The van der Waals surface area contributed by atoms with Crippen molar-refractivity contribution in [3.05, 3.63) is 35.4 Å². The first kappa shape index (κ1) is 8.76. The molecule has 1 nitrogen and oxygen atoms in total. The molecule has 70 valence electrons. The lowest BCUT2D eigenvalue weighted by Crippen LogP contribution is -2.23. The zero-order valence-electron chi connectivity index (χ0n) is 8.22. The summed E-state index contributed by atoms with van der Waals surface area (Å²) in [4.78, 5) is 0. The van der Waals surface area contributed by atoms with Crippen molar-refractivity contribution in [3.8, 4) is 0 Å². The fourth-order valence-electron chi connectivity index (χ4n) is 2.07. The highest BCUT2D eigenvalue weighted by atomic mass is 14.8. The van der Waals surface area contributed by atoms with Crippen molar-refractivity contribution in [2.75, 3.05) is 13.1 Å². The van der Waals surface area contributed by atoms with Gasteiger partial charge in [-0.2, -0.15) is 0 Å². The summed E-state index contributed by atoms with van der Waals surface area (Å²) in [6, 6.07) is 8.81. The molecule has 1 aliphatic rings. The Morgan fingerprint density at radius 1 is 1.38 bits per heavy atom. The summed E-state index contributed by atoms with van der Waals surface area (Å²) in [6.45, 7) is 4.42. The molecule has 1 unspecified atom stereocenters. The summed E-state index contributed by atoms with van der Waals surface area (Å²) in [7, 11) is 0. The summed E-state index contributed by atoms with van der Waals surface area (Å²) in [6.07, 6.45) is 2.59. The summed E-state index contributed by atoms with van der Waals surface area (Å²) < 4.78 is 0. The maximum absolute atomic E-state index is 3.38. The molecule has 0 radical (unpaired) electrons. The first-order valence-electron chi connectivity index (χ1n) is 5.20. The minimum absolute atomic E-state index is 0.829. The van der Waals surface area contributed by atoms with E-state index in [2.05, 4.69) is 36.5 Å². The van der Waals surface area contributed by atoms with Crippen LogP contribution in [0, 0.1) is 0 Å². The second-order valence-electron chi connectivity index (χ2n) is 3.74. The second-order valence-corrected chi connectivity index (χ2v) is 3.74. The zero-order valence-corrected chi connectivity index (χ0v) is 8.22. The van der Waals surface area contributed by atoms with E-state index in [4.69, 9.17) is 0 Å². The second kappa shape index (κ2) is 3.93. The quantitative estimate of drug-likeness (QED) is 0.692. The lowest BCUT2D eigenvalue weighted by Gasteiger charge is -2.30. The molecule has 1 heteroatoms. The van der Waals surface area contributed by atoms with E-state index in [1.54, 1.807) is 11.1 Å². The van der Waals surface area contributed by atoms with Gasteiger partial charge in [0, 0.05) is 0 Å². The molecule has 1 atom stereocenters. The third-order valence-corrected chi connectivity index (χ3v) is 2.88. The Balaban J connectivity index is 1.87. The molecule has 0 saturated heterocycles. The van der Waals surface area contributed by atoms with Gasteiger partial charge in [0.25, 0.3) is 0 Å². The molecule has 1 N–H and O–H groups in total. The molecule has 0 amide bonds. The molecule has 2 rings (SSSR count). The molecule has 0 aliphatic heterocycles. The maximum atomic E-state index is 3.38. The van der Waals surface area contributed by atoms with Crippen molar-refractivity contribution >= 4 is 0 Å². The lowest BCUT2D eigenvalue weighted by molar-refractivity contribution is 0.530. The number of benzene rings is 1. The Labute approximate surface area is 80.2 Å². The Kier molecular flexibility index (Phi) is 2.65. The van der Waals surface area contributed by atoms with Crippen molar-refractivity contribution in [1.29, 1.82) is 0 Å². The molecule has 1 aromatic rings. The van der Waals surface area contributed by atoms with Crippen LogP contribution in [0.4, 0.5) is 0 Å². The van der Waals surface area contributed by atoms with E-state index in [-0.39, 0.29) is 0 Å². The molecule has 0 saturated carbocycles. The van der Waals surface area contributed by atoms with Gasteiger partial charge in [-0.15, -0.1) is 0 Å². The number of rotatable bonds is 4. The molecular formula is C12H17N. The number of nitrogens with one attached hydrogen (secondary N) is 1. The highest BCUT2D eigenvalue weighted by Crippen LogP contribution is 2.36. The minimum Gasteiger partial charge on any atom is -0.317 e. The van der Waals surface area contributed by atoms with Crippen molar-refractivity contribution in [3.63, 3.8) is 0 Å². The Bertz CT molecular complexity index is 280. The largest absolute Gasteiger partial charge is 0.317 e. The number of hydrogen-bond donors (Lipinski definition) is 1. The Morgan fingerprint density at radius 2 is 2.23 bits per heavy atom. The van der Waals surface area contributed by atoms with Crippen LogP contribution in [-0.4, -0.2) is 13.1 Å². The van der Waals surface area contributed by atoms with Crippen LogP contribution in [-0.2, 0) is 6.42 Å². The predicted octanol–water partition coefficient (Wildman–Crippen LogP) is 2.33. The van der Waals surface area contributed by atoms with Crippen LogP contribution >= 0.6 is 0 Å². The van der Waals surface area contributed by atoms with Gasteiger partial charge < -0.3 is 5.32 Å². The van der Waals surface area contributed by atoms with E-state index >= 15 is 0 Å². The van der Waals surface area contributed by atoms with Crippen molar-refractivity contribution in [2.45, 2.75) is 25.7 Å². The van der Waals surface area contributed by atoms with Gasteiger partial charge in [-0.05, 0) is 43.0 Å². The third kappa shape index (κ3) is 1.75. The monoisotopic (exact) mass is 175 g/mol. The van der Waals surface area contributed by atoms with Crippen LogP contribution in [0.5, 0.6) is 0 Å². The molecule has 1 aliphatic carbocycles. The SMILES string of the molecule is CCNCCC1Cc2ccccc21. The molecule has 13 heavy (non-hydrogen) atoms. The van der Waals surface area contributed by atoms with Crippen LogP contribution in [0.15, 0.2) is 24.3 Å². The van der Waals surface area contributed by atoms with E-state index in [0.29, 0.717) is 0 Å². The van der Waals surface area contributed by atoms with Gasteiger partial charge in [0.05, 0.1) is 0 Å². The molecule has 0 spiro atoms.